The monoisotopic (exact) mass is 386 g/mol. The van der Waals surface area contributed by atoms with Gasteiger partial charge in [0.2, 0.25) is 5.95 Å². The molecular formula is C22H22N6O. The van der Waals surface area contributed by atoms with Crippen LogP contribution >= 0.6 is 0 Å². The molecule has 0 unspecified atom stereocenters. The number of anilines is 1. The number of hydrogen-bond acceptors (Lipinski definition) is 6. The summed E-state index contributed by atoms with van der Waals surface area (Å²) >= 11 is 0. The summed E-state index contributed by atoms with van der Waals surface area (Å²) in [5.41, 5.74) is 10.5. The lowest BCUT2D eigenvalue weighted by Crippen LogP contribution is -2.26. The second-order valence-electron chi connectivity index (χ2n) is 7.86. The Hall–Kier alpha value is -3.48. The molecule has 4 aromatic rings. The normalized spacial score (nSPS) is 15.9. The SMILES string of the molecule is Cn1cc(-c2cc([C@@](C)(c3ccc(-c4cnc(N)nc4)cc3)C3CC3)no2)cn1. The molecule has 1 fully saturated rings. The quantitative estimate of drug-likeness (QED) is 0.560. The zero-order valence-corrected chi connectivity index (χ0v) is 16.4. The number of nitrogens with zero attached hydrogens (tertiary/aromatic N) is 5. The molecule has 2 N–H and O–H groups in total. The van der Waals surface area contributed by atoms with E-state index in [-0.39, 0.29) is 11.4 Å². The summed E-state index contributed by atoms with van der Waals surface area (Å²) in [5, 5.41) is 8.68. The van der Waals surface area contributed by atoms with Crippen LogP contribution in [0.1, 0.15) is 31.0 Å². The Bertz CT molecular complexity index is 1140. The predicted octanol–water partition coefficient (Wildman–Crippen LogP) is 3.83. The van der Waals surface area contributed by atoms with Crippen molar-refractivity contribution in [3.63, 3.8) is 0 Å². The van der Waals surface area contributed by atoms with Gasteiger partial charge in [0, 0.05) is 42.7 Å². The minimum atomic E-state index is -0.194. The molecule has 7 nitrogen and oxygen atoms in total. The Morgan fingerprint density at radius 2 is 1.76 bits per heavy atom. The van der Waals surface area contributed by atoms with Crippen LogP contribution in [0, 0.1) is 5.92 Å². The van der Waals surface area contributed by atoms with Crippen LogP contribution < -0.4 is 5.73 Å². The van der Waals surface area contributed by atoms with Gasteiger partial charge in [-0.25, -0.2) is 9.97 Å². The van der Waals surface area contributed by atoms with Gasteiger partial charge in [-0.15, -0.1) is 0 Å². The van der Waals surface area contributed by atoms with Crippen LogP contribution in [0.15, 0.2) is 59.6 Å². The molecule has 0 bridgehead atoms. The number of benzene rings is 1. The molecule has 1 atom stereocenters. The molecule has 5 rings (SSSR count). The molecule has 3 heterocycles. The smallest absolute Gasteiger partial charge is 0.219 e. The molecule has 0 amide bonds. The first-order valence-corrected chi connectivity index (χ1v) is 9.68. The summed E-state index contributed by atoms with van der Waals surface area (Å²) in [5.74, 6) is 1.58. The molecule has 0 aliphatic heterocycles. The van der Waals surface area contributed by atoms with Crippen molar-refractivity contribution < 1.29 is 4.52 Å². The highest BCUT2D eigenvalue weighted by molar-refractivity contribution is 5.63. The topological polar surface area (TPSA) is 95.7 Å². The van der Waals surface area contributed by atoms with Crippen molar-refractivity contribution in [2.24, 2.45) is 13.0 Å². The van der Waals surface area contributed by atoms with Crippen LogP contribution in [0.5, 0.6) is 0 Å². The van der Waals surface area contributed by atoms with E-state index in [4.69, 9.17) is 10.3 Å². The summed E-state index contributed by atoms with van der Waals surface area (Å²) in [4.78, 5) is 8.17. The summed E-state index contributed by atoms with van der Waals surface area (Å²) in [6.45, 7) is 2.26. The van der Waals surface area contributed by atoms with Gasteiger partial charge in [0.05, 0.1) is 17.5 Å². The lowest BCUT2D eigenvalue weighted by molar-refractivity contribution is 0.387. The van der Waals surface area contributed by atoms with E-state index in [9.17, 15) is 0 Å². The van der Waals surface area contributed by atoms with Gasteiger partial charge in [0.15, 0.2) is 5.76 Å². The molecule has 29 heavy (non-hydrogen) atoms. The first-order valence-electron chi connectivity index (χ1n) is 9.68. The molecule has 1 aliphatic rings. The summed E-state index contributed by atoms with van der Waals surface area (Å²) in [6.07, 6.45) is 9.60. The summed E-state index contributed by atoms with van der Waals surface area (Å²) in [7, 11) is 1.89. The van der Waals surface area contributed by atoms with Gasteiger partial charge in [0.25, 0.3) is 0 Å². The van der Waals surface area contributed by atoms with E-state index < -0.39 is 0 Å². The molecule has 0 saturated heterocycles. The van der Waals surface area contributed by atoms with Crippen LogP contribution in [0.2, 0.25) is 0 Å². The minimum Gasteiger partial charge on any atom is -0.368 e. The lowest BCUT2D eigenvalue weighted by Gasteiger charge is -2.28. The second kappa shape index (κ2) is 6.55. The molecule has 3 aromatic heterocycles. The van der Waals surface area contributed by atoms with Crippen molar-refractivity contribution in [3.8, 4) is 22.5 Å². The molecule has 146 valence electrons. The van der Waals surface area contributed by atoms with Gasteiger partial charge in [-0.3, -0.25) is 4.68 Å². The molecule has 0 radical (unpaired) electrons. The molecule has 7 heteroatoms. The van der Waals surface area contributed by atoms with Gasteiger partial charge in [-0.1, -0.05) is 29.4 Å². The van der Waals surface area contributed by atoms with Gasteiger partial charge in [-0.05, 0) is 36.8 Å². The van der Waals surface area contributed by atoms with E-state index in [1.807, 2.05) is 13.2 Å². The highest BCUT2D eigenvalue weighted by atomic mass is 16.5. The van der Waals surface area contributed by atoms with Gasteiger partial charge in [-0.2, -0.15) is 5.10 Å². The first kappa shape index (κ1) is 17.6. The van der Waals surface area contributed by atoms with Crippen LogP contribution in [0.25, 0.3) is 22.5 Å². The Labute approximate surface area is 168 Å². The van der Waals surface area contributed by atoms with Crippen molar-refractivity contribution in [3.05, 3.63) is 66.4 Å². The maximum atomic E-state index is 5.68. The van der Waals surface area contributed by atoms with Crippen molar-refractivity contribution in [2.75, 3.05) is 5.73 Å². The molecular weight excluding hydrogens is 364 g/mol. The van der Waals surface area contributed by atoms with Crippen LogP contribution in [-0.4, -0.2) is 24.9 Å². The van der Waals surface area contributed by atoms with E-state index >= 15 is 0 Å². The van der Waals surface area contributed by atoms with Crippen molar-refractivity contribution in [1.29, 1.82) is 0 Å². The third-order valence-corrected chi connectivity index (χ3v) is 5.92. The molecule has 1 aliphatic carbocycles. The third kappa shape index (κ3) is 3.08. The fourth-order valence-electron chi connectivity index (χ4n) is 3.95. The third-order valence-electron chi connectivity index (χ3n) is 5.92. The summed E-state index contributed by atoms with van der Waals surface area (Å²) in [6, 6.07) is 10.6. The van der Waals surface area contributed by atoms with E-state index in [2.05, 4.69) is 57.5 Å². The molecule has 1 saturated carbocycles. The van der Waals surface area contributed by atoms with Crippen molar-refractivity contribution >= 4 is 5.95 Å². The summed E-state index contributed by atoms with van der Waals surface area (Å²) < 4.78 is 7.44. The van der Waals surface area contributed by atoms with Crippen molar-refractivity contribution in [2.45, 2.75) is 25.2 Å². The lowest BCUT2D eigenvalue weighted by atomic mass is 9.74. The van der Waals surface area contributed by atoms with Gasteiger partial charge in [0.1, 0.15) is 0 Å². The first-order chi connectivity index (χ1) is 14.0. The van der Waals surface area contributed by atoms with Crippen LogP contribution in [-0.2, 0) is 12.5 Å². The standard InChI is InChI=1S/C22H22N6O/c1-22(18-7-8-18,20-9-19(29-27-20)16-12-26-28(2)13-16)17-5-3-14(4-6-17)15-10-24-21(23)25-11-15/h3-6,9-13,18H,7-8H2,1-2H3,(H2,23,24,25)/t22-/m0/s1. The highest BCUT2D eigenvalue weighted by Crippen LogP contribution is 2.51. The van der Waals surface area contributed by atoms with Crippen LogP contribution in [0.3, 0.4) is 0 Å². The maximum absolute atomic E-state index is 5.68. The minimum absolute atomic E-state index is 0.194. The van der Waals surface area contributed by atoms with Gasteiger partial charge < -0.3 is 10.3 Å². The number of nitrogen functional groups attached to an aromatic ring is 1. The van der Waals surface area contributed by atoms with E-state index in [0.717, 1.165) is 28.1 Å². The van der Waals surface area contributed by atoms with Crippen molar-refractivity contribution in [1.82, 2.24) is 24.9 Å². The van der Waals surface area contributed by atoms with E-state index in [1.54, 1.807) is 23.3 Å². The average Bonchev–Trinajstić information content (AvgIpc) is 3.32. The fourth-order valence-corrected chi connectivity index (χ4v) is 3.95. The number of rotatable bonds is 5. The van der Waals surface area contributed by atoms with E-state index in [0.29, 0.717) is 5.92 Å². The number of nitrogens with two attached hydrogens (primary N) is 1. The maximum Gasteiger partial charge on any atom is 0.219 e. The molecule has 1 aromatic carbocycles. The van der Waals surface area contributed by atoms with Gasteiger partial charge >= 0.3 is 0 Å². The zero-order valence-electron chi connectivity index (χ0n) is 16.4. The molecule has 0 spiro atoms. The van der Waals surface area contributed by atoms with Crippen LogP contribution in [0.4, 0.5) is 5.95 Å². The largest absolute Gasteiger partial charge is 0.368 e. The average molecular weight is 386 g/mol. The predicted molar refractivity (Wildman–Crippen MR) is 110 cm³/mol. The Morgan fingerprint density at radius 3 is 2.38 bits per heavy atom. The number of aromatic nitrogens is 5. The fraction of sp³-hybridized carbons (Fsp3) is 0.273. The Morgan fingerprint density at radius 1 is 1.03 bits per heavy atom. The number of hydrogen-bond donors (Lipinski definition) is 1. The van der Waals surface area contributed by atoms with E-state index in [1.165, 1.54) is 18.4 Å². The Balaban J connectivity index is 1.50. The Kier molecular flexibility index (Phi) is 3.97. The highest BCUT2D eigenvalue weighted by Gasteiger charge is 2.46. The second-order valence-corrected chi connectivity index (χ2v) is 7.86. The zero-order chi connectivity index (χ0) is 20.0. The number of aryl methyl sites for hydroxylation is 1.